The van der Waals surface area contributed by atoms with Gasteiger partial charge in [-0.1, -0.05) is 6.07 Å². The van der Waals surface area contributed by atoms with E-state index in [1.54, 1.807) is 39.2 Å². The quantitative estimate of drug-likeness (QED) is 0.339. The molecule has 0 aromatic heterocycles. The highest BCUT2D eigenvalue weighted by molar-refractivity contribution is 6.25. The molecule has 2 aromatic rings. The maximum absolute atomic E-state index is 14.1. The topological polar surface area (TPSA) is 165 Å². The van der Waals surface area contributed by atoms with Crippen molar-refractivity contribution >= 4 is 28.9 Å². The van der Waals surface area contributed by atoms with Crippen LogP contribution in [0.5, 0.6) is 5.75 Å². The van der Waals surface area contributed by atoms with Crippen LogP contribution in [0.4, 0.5) is 14.5 Å². The molecule has 0 heterocycles. The summed E-state index contributed by atoms with van der Waals surface area (Å²) in [6.07, 6.45) is -1.49. The van der Waals surface area contributed by atoms with Gasteiger partial charge in [-0.05, 0) is 62.2 Å². The van der Waals surface area contributed by atoms with Crippen molar-refractivity contribution in [2.24, 2.45) is 23.5 Å². The number of nitrogens with two attached hydrogens (primary N) is 1. The van der Waals surface area contributed by atoms with E-state index in [9.17, 15) is 43.6 Å². The fourth-order valence-electron chi connectivity index (χ4n) is 6.94. The van der Waals surface area contributed by atoms with Crippen molar-refractivity contribution in [3.8, 4) is 16.9 Å². The molecule has 0 saturated heterocycles. The van der Waals surface area contributed by atoms with Crippen LogP contribution >= 0.6 is 0 Å². The van der Waals surface area contributed by atoms with E-state index in [1.807, 2.05) is 0 Å². The van der Waals surface area contributed by atoms with Gasteiger partial charge in [-0.15, -0.1) is 0 Å². The lowest BCUT2D eigenvalue weighted by atomic mass is 9.54. The molecular formula is C29H31F2N3O7. The second-order valence-electron chi connectivity index (χ2n) is 11.5. The van der Waals surface area contributed by atoms with Crippen LogP contribution in [-0.4, -0.2) is 88.7 Å². The molecule has 218 valence electrons. The first-order chi connectivity index (χ1) is 19.1. The molecule has 2 fully saturated rings. The number of carbonyl (C=O) groups excluding carboxylic acids is 3. The van der Waals surface area contributed by atoms with Crippen LogP contribution in [0.25, 0.3) is 16.9 Å². The van der Waals surface area contributed by atoms with E-state index in [0.29, 0.717) is 11.3 Å². The number of hydrogen-bond acceptors (Lipinski definition) is 9. The first-order valence-corrected chi connectivity index (χ1v) is 13.0. The highest BCUT2D eigenvalue weighted by Crippen LogP contribution is 2.54. The lowest BCUT2D eigenvalue weighted by Gasteiger charge is -2.53. The molecule has 10 nitrogen and oxygen atoms in total. The van der Waals surface area contributed by atoms with Crippen molar-refractivity contribution in [3.05, 3.63) is 52.6 Å². The molecule has 0 aliphatic heterocycles. The van der Waals surface area contributed by atoms with Gasteiger partial charge >= 0.3 is 0 Å². The Morgan fingerprint density at radius 3 is 2.29 bits per heavy atom. The van der Waals surface area contributed by atoms with Crippen molar-refractivity contribution in [2.45, 2.75) is 30.6 Å². The number of phenols is 1. The van der Waals surface area contributed by atoms with Crippen LogP contribution in [0.15, 0.2) is 29.8 Å². The van der Waals surface area contributed by atoms with Crippen LogP contribution in [0.1, 0.15) is 17.5 Å². The minimum atomic E-state index is -2.77. The van der Waals surface area contributed by atoms with Crippen LogP contribution in [0, 0.1) is 29.4 Å². The van der Waals surface area contributed by atoms with Crippen molar-refractivity contribution in [1.29, 1.82) is 0 Å². The Labute approximate surface area is 234 Å². The van der Waals surface area contributed by atoms with Crippen LogP contribution in [0.2, 0.25) is 0 Å². The summed E-state index contributed by atoms with van der Waals surface area (Å²) in [4.78, 5) is 42.9. The van der Waals surface area contributed by atoms with E-state index in [0.717, 1.165) is 12.1 Å². The number of fused-ring (bicyclic) bond motifs is 3. The molecule has 2 aromatic carbocycles. The number of benzene rings is 2. The molecule has 6 N–H and O–H groups in total. The van der Waals surface area contributed by atoms with Crippen LogP contribution in [-0.2, 0) is 20.8 Å². The Balaban J connectivity index is 1.74. The van der Waals surface area contributed by atoms with E-state index in [1.165, 1.54) is 11.0 Å². The van der Waals surface area contributed by atoms with Crippen molar-refractivity contribution in [1.82, 2.24) is 4.90 Å². The average Bonchev–Trinajstić information content (AvgIpc) is 2.87. The molecule has 2 unspecified atom stereocenters. The van der Waals surface area contributed by atoms with Crippen molar-refractivity contribution in [2.75, 3.05) is 33.1 Å². The summed E-state index contributed by atoms with van der Waals surface area (Å²) in [7, 11) is 6.58. The molecule has 0 bridgehead atoms. The molecule has 0 spiro atoms. The smallest absolute Gasteiger partial charge is 0.230 e. The Morgan fingerprint density at radius 1 is 1.07 bits per heavy atom. The molecule has 41 heavy (non-hydrogen) atoms. The van der Waals surface area contributed by atoms with E-state index in [-0.39, 0.29) is 35.1 Å². The van der Waals surface area contributed by atoms with Gasteiger partial charge in [-0.2, -0.15) is 0 Å². The number of likely N-dealkylation sites (N-methyl/N-ethyl adjacent to an activating group) is 1. The minimum Gasteiger partial charge on any atom is -0.507 e. The van der Waals surface area contributed by atoms with Gasteiger partial charge in [-0.3, -0.25) is 14.4 Å². The summed E-state index contributed by atoms with van der Waals surface area (Å²) >= 11 is 0. The maximum atomic E-state index is 14.1. The zero-order chi connectivity index (χ0) is 30.3. The largest absolute Gasteiger partial charge is 0.507 e. The lowest BCUT2D eigenvalue weighted by Crippen LogP contribution is -2.73. The normalized spacial score (nSPS) is 29.2. The first kappa shape index (κ1) is 28.7. The number of aliphatic hydroxyl groups is 3. The van der Waals surface area contributed by atoms with Gasteiger partial charge in [0.1, 0.15) is 17.4 Å². The van der Waals surface area contributed by atoms with Gasteiger partial charge in [-0.25, -0.2) is 8.78 Å². The number of nitrogens with zero attached hydrogens (tertiary/aromatic N) is 2. The third-order valence-corrected chi connectivity index (χ3v) is 8.78. The van der Waals surface area contributed by atoms with Gasteiger partial charge in [0.2, 0.25) is 11.7 Å². The van der Waals surface area contributed by atoms with E-state index >= 15 is 0 Å². The number of ketones is 2. The number of carbonyl (C=O) groups is 3. The Morgan fingerprint density at radius 2 is 1.73 bits per heavy atom. The van der Waals surface area contributed by atoms with Crippen molar-refractivity contribution < 1.29 is 43.6 Å². The molecule has 5 rings (SSSR count). The van der Waals surface area contributed by atoms with Crippen molar-refractivity contribution in [3.63, 3.8) is 0 Å². The molecule has 1 amide bonds. The third kappa shape index (κ3) is 3.96. The van der Waals surface area contributed by atoms with Gasteiger partial charge < -0.3 is 36.0 Å². The number of rotatable bonds is 4. The number of aliphatic hydroxyl groups excluding tert-OH is 2. The third-order valence-electron chi connectivity index (χ3n) is 8.78. The molecule has 3 aliphatic carbocycles. The monoisotopic (exact) mass is 571 g/mol. The lowest BCUT2D eigenvalue weighted by molar-refractivity contribution is -0.184. The predicted octanol–water partition coefficient (Wildman–Crippen LogP) is 1.14. The molecule has 6 atom stereocenters. The SMILES string of the molecule is CN(C)c1cc(-c2ccc(F)c(F)c2)c(O)c2c1C[C@H]1C[C@H]3[C@H](N(C)C)C(O)C(C(N)=O)C(=O)[C@@]3(O)C(=O)C1=C2O. The summed E-state index contributed by atoms with van der Waals surface area (Å²) < 4.78 is 27.7. The number of primary amides is 1. The van der Waals surface area contributed by atoms with E-state index < -0.39 is 76.1 Å². The Hall–Kier alpha value is -3.87. The number of halogens is 2. The molecule has 2 saturated carbocycles. The van der Waals surface area contributed by atoms with E-state index in [4.69, 9.17) is 5.73 Å². The van der Waals surface area contributed by atoms with Gasteiger partial charge in [0.15, 0.2) is 23.0 Å². The second-order valence-corrected chi connectivity index (χ2v) is 11.5. The predicted molar refractivity (Wildman–Crippen MR) is 144 cm³/mol. The standard InChI is InChI=1S/C29H31F2N3O7/c1-33(2)18-10-13(11-5-6-16(30)17(31)9-11)23(35)20-14(18)7-12-8-15-22(34(3)4)25(37)21(28(32)40)27(39)29(15,41)26(38)19(12)24(20)36/h5-6,9-10,12,15,21-22,25,35-37,41H,7-8H2,1-4H3,(H2,32,40)/t12-,15-,21?,22-,25?,29-/m0/s1. The number of aromatic hydroxyl groups is 1. The van der Waals surface area contributed by atoms with Gasteiger partial charge in [0.25, 0.3) is 0 Å². The number of hydrogen-bond donors (Lipinski definition) is 5. The summed E-state index contributed by atoms with van der Waals surface area (Å²) in [6.45, 7) is 0. The second kappa shape index (κ2) is 9.61. The zero-order valence-electron chi connectivity index (χ0n) is 22.9. The average molecular weight is 572 g/mol. The van der Waals surface area contributed by atoms with Crippen LogP contribution in [0.3, 0.4) is 0 Å². The van der Waals surface area contributed by atoms with Crippen LogP contribution < -0.4 is 10.6 Å². The molecule has 12 heteroatoms. The molecule has 0 radical (unpaired) electrons. The summed E-state index contributed by atoms with van der Waals surface area (Å²) in [6, 6.07) is 3.61. The Bertz CT molecular complexity index is 1540. The van der Waals surface area contributed by atoms with E-state index in [2.05, 4.69) is 0 Å². The summed E-state index contributed by atoms with van der Waals surface area (Å²) in [5.74, 6) is -10.7. The number of anilines is 1. The summed E-state index contributed by atoms with van der Waals surface area (Å²) in [5, 5.41) is 45.6. The molecular weight excluding hydrogens is 540 g/mol. The van der Waals surface area contributed by atoms with Gasteiger partial charge in [0.05, 0.1) is 11.7 Å². The highest BCUT2D eigenvalue weighted by atomic mass is 19.2. The maximum Gasteiger partial charge on any atom is 0.230 e. The number of phenolic OH excluding ortho intramolecular Hbond substituents is 1. The summed E-state index contributed by atoms with van der Waals surface area (Å²) in [5.41, 5.74) is 3.33. The number of amides is 1. The fourth-order valence-corrected chi connectivity index (χ4v) is 6.94. The fraction of sp³-hybridized carbons (Fsp3) is 0.414. The molecule has 3 aliphatic rings. The highest BCUT2D eigenvalue weighted by Gasteiger charge is 2.67. The Kier molecular flexibility index (Phi) is 6.71. The minimum absolute atomic E-state index is 0.0171. The number of Topliss-reactive ketones (excluding diaryl/α,β-unsaturated/α-hetero) is 2. The zero-order valence-corrected chi connectivity index (χ0v) is 22.9. The first-order valence-electron chi connectivity index (χ1n) is 13.0. The van der Waals surface area contributed by atoms with Gasteiger partial charge in [0, 0.05) is 42.9 Å².